The maximum absolute atomic E-state index is 12.4. The zero-order valence-corrected chi connectivity index (χ0v) is 18.5. The van der Waals surface area contributed by atoms with E-state index >= 15 is 0 Å². The van der Waals surface area contributed by atoms with Gasteiger partial charge < -0.3 is 4.42 Å². The number of fused-ring (bicyclic) bond motifs is 1. The van der Waals surface area contributed by atoms with Crippen LogP contribution in [0.3, 0.4) is 0 Å². The van der Waals surface area contributed by atoms with Crippen LogP contribution in [0.5, 0.6) is 0 Å². The van der Waals surface area contributed by atoms with Crippen LogP contribution in [0.1, 0.15) is 5.56 Å². The molecule has 32 heavy (non-hydrogen) atoms. The van der Waals surface area contributed by atoms with Crippen molar-refractivity contribution in [1.82, 2.24) is 15.2 Å². The molecule has 2 N–H and O–H groups in total. The van der Waals surface area contributed by atoms with E-state index in [2.05, 4.69) is 37.8 Å². The lowest BCUT2D eigenvalue weighted by Crippen LogP contribution is -2.02. The van der Waals surface area contributed by atoms with Crippen molar-refractivity contribution in [3.8, 4) is 22.5 Å². The number of hydrogen-bond donors (Lipinski definition) is 2. The number of aromatic amines is 1. The summed E-state index contributed by atoms with van der Waals surface area (Å²) in [5.74, 6) is 0. The van der Waals surface area contributed by atoms with Gasteiger partial charge in [0.15, 0.2) is 0 Å². The molecule has 0 radical (unpaired) electrons. The number of nitrogens with zero attached hydrogens (tertiary/aromatic N) is 3. The predicted octanol–water partition coefficient (Wildman–Crippen LogP) is 5.47. The Morgan fingerprint density at radius 1 is 1.19 bits per heavy atom. The van der Waals surface area contributed by atoms with Gasteiger partial charge in [0, 0.05) is 26.8 Å². The van der Waals surface area contributed by atoms with Crippen LogP contribution in [0, 0.1) is 0 Å². The van der Waals surface area contributed by atoms with Crippen LogP contribution < -0.4 is 11.1 Å². The molecule has 3 heterocycles. The first-order valence-corrected chi connectivity index (χ1v) is 11.8. The van der Waals surface area contributed by atoms with Crippen LogP contribution in [-0.2, 0) is 0 Å². The second-order valence-electron chi connectivity index (χ2n) is 6.82. The molecule has 7 nitrogen and oxygen atoms in total. The Kier molecular flexibility index (Phi) is 5.57. The minimum Gasteiger partial charge on any atom is -0.422 e. The maximum atomic E-state index is 12.4. The molecule has 0 aliphatic heterocycles. The lowest BCUT2D eigenvalue weighted by molar-refractivity contribution is 0.563. The summed E-state index contributed by atoms with van der Waals surface area (Å²) < 4.78 is 5.40. The first-order chi connectivity index (χ1) is 15.7. The number of benzene rings is 2. The summed E-state index contributed by atoms with van der Waals surface area (Å²) in [7, 11) is 0. The fourth-order valence-corrected chi connectivity index (χ4v) is 4.30. The Hall–Kier alpha value is -3.69. The molecule has 0 aliphatic carbocycles. The van der Waals surface area contributed by atoms with Crippen molar-refractivity contribution in [1.29, 1.82) is 0 Å². The summed E-state index contributed by atoms with van der Waals surface area (Å²) in [6, 6.07) is 17.4. The largest absolute Gasteiger partial charge is 0.422 e. The number of hydrazone groups is 1. The zero-order valence-electron chi connectivity index (χ0n) is 16.9. The van der Waals surface area contributed by atoms with Crippen LogP contribution in [-0.4, -0.2) is 27.7 Å². The lowest BCUT2D eigenvalue weighted by atomic mass is 10.1. The standard InChI is InChI=1S/C23H17N5O2S2/c1-31-17-8-6-14(7-9-17)21-16(11-24-27-21)12-25-28-23-26-19(13-32-23)18-10-15-4-2-3-5-20(15)30-22(18)29/h2-13H,1H3,(H,24,27)(H,26,28)/b25-12+. The van der Waals surface area contributed by atoms with E-state index in [0.717, 1.165) is 22.2 Å². The third kappa shape index (κ3) is 4.08. The number of aromatic nitrogens is 3. The Bertz CT molecular complexity index is 1470. The van der Waals surface area contributed by atoms with Crippen molar-refractivity contribution in [2.45, 2.75) is 4.90 Å². The van der Waals surface area contributed by atoms with Crippen molar-refractivity contribution < 1.29 is 4.42 Å². The van der Waals surface area contributed by atoms with Crippen molar-refractivity contribution >= 4 is 45.4 Å². The van der Waals surface area contributed by atoms with Crippen molar-refractivity contribution in [2.24, 2.45) is 5.10 Å². The first-order valence-electron chi connectivity index (χ1n) is 9.67. The summed E-state index contributed by atoms with van der Waals surface area (Å²) >= 11 is 3.06. The highest BCUT2D eigenvalue weighted by Gasteiger charge is 2.11. The Morgan fingerprint density at radius 3 is 2.88 bits per heavy atom. The third-order valence-electron chi connectivity index (χ3n) is 4.83. The normalized spacial score (nSPS) is 11.4. The van der Waals surface area contributed by atoms with Crippen LogP contribution in [0.2, 0.25) is 0 Å². The quantitative estimate of drug-likeness (QED) is 0.151. The summed E-state index contributed by atoms with van der Waals surface area (Å²) in [4.78, 5) is 18.0. The molecular formula is C23H17N5O2S2. The maximum Gasteiger partial charge on any atom is 0.345 e. The molecule has 0 spiro atoms. The second kappa shape index (κ2) is 8.81. The minimum absolute atomic E-state index is 0.417. The molecule has 0 atom stereocenters. The van der Waals surface area contributed by atoms with Crippen LogP contribution in [0.25, 0.3) is 33.5 Å². The Labute approximate surface area is 191 Å². The van der Waals surface area contributed by atoms with Crippen molar-refractivity contribution in [3.63, 3.8) is 0 Å². The smallest absolute Gasteiger partial charge is 0.345 e. The number of nitrogens with one attached hydrogen (secondary N) is 2. The van der Waals surface area contributed by atoms with Crippen molar-refractivity contribution in [2.75, 3.05) is 11.7 Å². The van der Waals surface area contributed by atoms with Crippen LogP contribution in [0.4, 0.5) is 5.13 Å². The molecule has 0 saturated carbocycles. The number of H-pyrrole nitrogens is 1. The summed E-state index contributed by atoms with van der Waals surface area (Å²) in [6.07, 6.45) is 5.45. The highest BCUT2D eigenvalue weighted by Crippen LogP contribution is 2.26. The molecule has 0 unspecified atom stereocenters. The lowest BCUT2D eigenvalue weighted by Gasteiger charge is -2.01. The van der Waals surface area contributed by atoms with E-state index in [1.54, 1.807) is 41.7 Å². The molecular weight excluding hydrogens is 442 g/mol. The van der Waals surface area contributed by atoms with Gasteiger partial charge >= 0.3 is 5.63 Å². The van der Waals surface area contributed by atoms with Gasteiger partial charge in [0.25, 0.3) is 0 Å². The summed E-state index contributed by atoms with van der Waals surface area (Å²) in [6.45, 7) is 0. The molecule has 0 aliphatic rings. The average molecular weight is 460 g/mol. The molecule has 5 aromatic rings. The fourth-order valence-electron chi connectivity index (χ4n) is 3.23. The molecule has 0 amide bonds. The van der Waals surface area contributed by atoms with E-state index in [-0.39, 0.29) is 0 Å². The molecule has 0 fully saturated rings. The van der Waals surface area contributed by atoms with Gasteiger partial charge in [-0.2, -0.15) is 10.2 Å². The molecule has 2 aromatic carbocycles. The van der Waals surface area contributed by atoms with Gasteiger partial charge in [-0.15, -0.1) is 23.1 Å². The number of para-hydroxylation sites is 1. The van der Waals surface area contributed by atoms with Gasteiger partial charge in [-0.05, 0) is 30.5 Å². The SMILES string of the molecule is CSc1ccc(-c2[nH]ncc2/C=N/Nc2nc(-c3cc4ccccc4oc3=O)cs2)cc1. The third-order valence-corrected chi connectivity index (χ3v) is 6.32. The molecule has 0 saturated heterocycles. The second-order valence-corrected chi connectivity index (χ2v) is 8.56. The summed E-state index contributed by atoms with van der Waals surface area (Å²) in [5, 5.41) is 14.7. The highest BCUT2D eigenvalue weighted by molar-refractivity contribution is 7.98. The van der Waals surface area contributed by atoms with Gasteiger partial charge in [-0.1, -0.05) is 30.3 Å². The highest BCUT2D eigenvalue weighted by atomic mass is 32.2. The first kappa shape index (κ1) is 20.2. The van der Waals surface area contributed by atoms with Crippen molar-refractivity contribution in [3.05, 3.63) is 82.2 Å². The van der Waals surface area contributed by atoms with E-state index in [1.165, 1.54) is 16.2 Å². The van der Waals surface area contributed by atoms with Gasteiger partial charge in [0.1, 0.15) is 5.58 Å². The van der Waals surface area contributed by atoms with Gasteiger partial charge in [-0.3, -0.25) is 10.5 Å². The van der Waals surface area contributed by atoms with E-state index in [9.17, 15) is 4.79 Å². The number of rotatable bonds is 6. The average Bonchev–Trinajstić information content (AvgIpc) is 3.49. The Morgan fingerprint density at radius 2 is 2.03 bits per heavy atom. The number of hydrogen-bond acceptors (Lipinski definition) is 8. The molecule has 3 aromatic heterocycles. The zero-order chi connectivity index (χ0) is 21.9. The summed E-state index contributed by atoms with van der Waals surface area (Å²) in [5.41, 5.74) is 6.79. The van der Waals surface area contributed by atoms with E-state index in [1.807, 2.05) is 36.6 Å². The van der Waals surface area contributed by atoms with E-state index in [0.29, 0.717) is 22.0 Å². The minimum atomic E-state index is -0.417. The number of anilines is 1. The number of thiazole rings is 1. The molecule has 9 heteroatoms. The van der Waals surface area contributed by atoms with Crippen LogP contribution >= 0.6 is 23.1 Å². The van der Waals surface area contributed by atoms with Gasteiger partial charge in [-0.25, -0.2) is 9.78 Å². The molecule has 158 valence electrons. The predicted molar refractivity (Wildman–Crippen MR) is 131 cm³/mol. The van der Waals surface area contributed by atoms with E-state index < -0.39 is 5.63 Å². The van der Waals surface area contributed by atoms with E-state index in [4.69, 9.17) is 4.42 Å². The van der Waals surface area contributed by atoms with Gasteiger partial charge in [0.05, 0.1) is 29.4 Å². The Balaban J connectivity index is 1.34. The number of thioether (sulfide) groups is 1. The molecule has 0 bridgehead atoms. The topological polar surface area (TPSA) is 96.2 Å². The molecule has 5 rings (SSSR count). The fraction of sp³-hybridized carbons (Fsp3) is 0.0435. The van der Waals surface area contributed by atoms with Gasteiger partial charge in [0.2, 0.25) is 5.13 Å². The van der Waals surface area contributed by atoms with Crippen LogP contribution in [0.15, 0.2) is 85.4 Å². The monoisotopic (exact) mass is 459 g/mol.